The Morgan fingerprint density at radius 3 is 2.73 bits per heavy atom. The topological polar surface area (TPSA) is 79.6 Å². The fourth-order valence-corrected chi connectivity index (χ4v) is 4.76. The second-order valence-corrected chi connectivity index (χ2v) is 8.40. The summed E-state index contributed by atoms with van der Waals surface area (Å²) in [6.45, 7) is 2.87. The number of rotatable bonds is 4. The zero-order valence-electron chi connectivity index (χ0n) is 12.6. The molecule has 2 fully saturated rings. The third kappa shape index (κ3) is 3.89. The van der Waals surface area contributed by atoms with E-state index in [4.69, 9.17) is 4.42 Å². The van der Waals surface area contributed by atoms with Gasteiger partial charge in [-0.1, -0.05) is 6.42 Å². The SMILES string of the molecule is O=C(NC1CCS(=O)(=O)C1)c1ccc(CN2CCCCC2)o1. The minimum Gasteiger partial charge on any atom is -0.455 e. The number of hydrogen-bond donors (Lipinski definition) is 1. The Bertz CT molecular complexity index is 632. The lowest BCUT2D eigenvalue weighted by atomic mass is 10.1. The summed E-state index contributed by atoms with van der Waals surface area (Å²) in [6.07, 6.45) is 4.19. The van der Waals surface area contributed by atoms with E-state index in [0.29, 0.717) is 6.42 Å². The van der Waals surface area contributed by atoms with Crippen molar-refractivity contribution in [3.05, 3.63) is 23.7 Å². The number of hydrogen-bond acceptors (Lipinski definition) is 5. The average molecular weight is 326 g/mol. The third-order valence-electron chi connectivity index (χ3n) is 4.28. The zero-order chi connectivity index (χ0) is 15.6. The molecule has 3 rings (SSSR count). The van der Waals surface area contributed by atoms with E-state index in [9.17, 15) is 13.2 Å². The van der Waals surface area contributed by atoms with Crippen LogP contribution in [0.4, 0.5) is 0 Å². The summed E-state index contributed by atoms with van der Waals surface area (Å²) in [5, 5.41) is 2.74. The van der Waals surface area contributed by atoms with Gasteiger partial charge in [0.15, 0.2) is 15.6 Å². The molecule has 1 unspecified atom stereocenters. The largest absolute Gasteiger partial charge is 0.455 e. The maximum atomic E-state index is 12.1. The molecule has 2 aliphatic heterocycles. The Hall–Kier alpha value is -1.34. The van der Waals surface area contributed by atoms with Crippen molar-refractivity contribution in [2.75, 3.05) is 24.6 Å². The molecular weight excluding hydrogens is 304 g/mol. The second kappa shape index (κ2) is 6.42. The maximum Gasteiger partial charge on any atom is 0.287 e. The van der Waals surface area contributed by atoms with Crippen molar-refractivity contribution in [3.8, 4) is 0 Å². The number of furan rings is 1. The molecule has 1 aromatic rings. The van der Waals surface area contributed by atoms with Gasteiger partial charge in [-0.25, -0.2) is 8.42 Å². The number of carbonyl (C=O) groups is 1. The Morgan fingerprint density at radius 1 is 1.27 bits per heavy atom. The van der Waals surface area contributed by atoms with Crippen LogP contribution < -0.4 is 5.32 Å². The van der Waals surface area contributed by atoms with Crippen LogP contribution >= 0.6 is 0 Å². The molecule has 1 atom stereocenters. The maximum absolute atomic E-state index is 12.1. The van der Waals surface area contributed by atoms with Gasteiger partial charge < -0.3 is 9.73 Å². The van der Waals surface area contributed by atoms with Gasteiger partial charge in [0.25, 0.3) is 5.91 Å². The van der Waals surface area contributed by atoms with Crippen LogP contribution in [0.2, 0.25) is 0 Å². The van der Waals surface area contributed by atoms with Crippen molar-refractivity contribution < 1.29 is 17.6 Å². The van der Waals surface area contributed by atoms with Crippen LogP contribution in [-0.2, 0) is 16.4 Å². The molecule has 6 nitrogen and oxygen atoms in total. The number of likely N-dealkylation sites (tertiary alicyclic amines) is 1. The van der Waals surface area contributed by atoms with Crippen molar-refractivity contribution in [2.24, 2.45) is 0 Å². The summed E-state index contributed by atoms with van der Waals surface area (Å²) in [4.78, 5) is 14.4. The summed E-state index contributed by atoms with van der Waals surface area (Å²) in [5.41, 5.74) is 0. The molecule has 0 bridgehead atoms. The van der Waals surface area contributed by atoms with Crippen molar-refractivity contribution in [2.45, 2.75) is 38.3 Å². The van der Waals surface area contributed by atoms with Gasteiger partial charge in [-0.05, 0) is 44.5 Å². The fourth-order valence-electron chi connectivity index (χ4n) is 3.09. The molecule has 0 saturated carbocycles. The van der Waals surface area contributed by atoms with Gasteiger partial charge in [0.05, 0.1) is 18.1 Å². The smallest absolute Gasteiger partial charge is 0.287 e. The van der Waals surface area contributed by atoms with E-state index in [1.54, 1.807) is 6.07 Å². The van der Waals surface area contributed by atoms with Crippen LogP contribution in [0, 0.1) is 0 Å². The Morgan fingerprint density at radius 2 is 2.05 bits per heavy atom. The molecule has 0 spiro atoms. The van der Waals surface area contributed by atoms with E-state index < -0.39 is 9.84 Å². The van der Waals surface area contributed by atoms with Gasteiger partial charge in [-0.3, -0.25) is 9.69 Å². The molecule has 22 heavy (non-hydrogen) atoms. The third-order valence-corrected chi connectivity index (χ3v) is 6.05. The van der Waals surface area contributed by atoms with Crippen LogP contribution in [-0.4, -0.2) is 49.9 Å². The summed E-state index contributed by atoms with van der Waals surface area (Å²) in [6, 6.07) is 3.20. The minimum absolute atomic E-state index is 0.0279. The first-order chi connectivity index (χ1) is 10.5. The van der Waals surface area contributed by atoms with Gasteiger partial charge in [-0.2, -0.15) is 0 Å². The summed E-state index contributed by atoms with van der Waals surface area (Å²) in [7, 11) is -2.99. The van der Waals surface area contributed by atoms with Crippen LogP contribution in [0.5, 0.6) is 0 Å². The molecule has 1 aromatic heterocycles. The van der Waals surface area contributed by atoms with Gasteiger partial charge in [0, 0.05) is 6.04 Å². The monoisotopic (exact) mass is 326 g/mol. The van der Waals surface area contributed by atoms with Crippen LogP contribution in [0.1, 0.15) is 42.0 Å². The lowest BCUT2D eigenvalue weighted by Crippen LogP contribution is -2.35. The number of piperidine rings is 1. The predicted octanol–water partition coefficient (Wildman–Crippen LogP) is 1.18. The van der Waals surface area contributed by atoms with Crippen molar-refractivity contribution in [1.82, 2.24) is 10.2 Å². The number of nitrogens with one attached hydrogen (secondary N) is 1. The zero-order valence-corrected chi connectivity index (χ0v) is 13.4. The predicted molar refractivity (Wildman–Crippen MR) is 82.4 cm³/mol. The quantitative estimate of drug-likeness (QED) is 0.899. The number of sulfone groups is 1. The van der Waals surface area contributed by atoms with Gasteiger partial charge in [0.2, 0.25) is 0 Å². The molecule has 0 radical (unpaired) electrons. The van der Waals surface area contributed by atoms with Crippen molar-refractivity contribution in [1.29, 1.82) is 0 Å². The molecule has 0 aliphatic carbocycles. The Kier molecular flexibility index (Phi) is 4.54. The van der Waals surface area contributed by atoms with Gasteiger partial charge in [-0.15, -0.1) is 0 Å². The molecule has 2 saturated heterocycles. The first kappa shape index (κ1) is 15.6. The lowest BCUT2D eigenvalue weighted by molar-refractivity contribution is 0.0908. The van der Waals surface area contributed by atoms with Crippen molar-refractivity contribution >= 4 is 15.7 Å². The molecule has 3 heterocycles. The molecule has 122 valence electrons. The number of carbonyl (C=O) groups excluding carboxylic acids is 1. The van der Waals surface area contributed by atoms with Gasteiger partial charge >= 0.3 is 0 Å². The van der Waals surface area contributed by atoms with Gasteiger partial charge in [0.1, 0.15) is 5.76 Å². The lowest BCUT2D eigenvalue weighted by Gasteiger charge is -2.25. The standard InChI is InChI=1S/C15H22N2O4S/c18-15(16-12-6-9-22(19,20)11-12)14-5-4-13(21-14)10-17-7-2-1-3-8-17/h4-5,12H,1-3,6-11H2,(H,16,18). The first-order valence-electron chi connectivity index (χ1n) is 7.84. The van der Waals surface area contributed by atoms with E-state index >= 15 is 0 Å². The summed E-state index contributed by atoms with van der Waals surface area (Å²) >= 11 is 0. The van der Waals surface area contributed by atoms with Crippen LogP contribution in [0.15, 0.2) is 16.5 Å². The highest BCUT2D eigenvalue weighted by Crippen LogP contribution is 2.16. The summed E-state index contributed by atoms with van der Waals surface area (Å²) < 4.78 is 28.4. The normalized spacial score (nSPS) is 25.2. The average Bonchev–Trinajstić information content (AvgIpc) is 3.07. The Labute approximate surface area is 130 Å². The second-order valence-electron chi connectivity index (χ2n) is 6.18. The van der Waals surface area contributed by atoms with E-state index in [-0.39, 0.29) is 29.2 Å². The van der Waals surface area contributed by atoms with Crippen molar-refractivity contribution in [3.63, 3.8) is 0 Å². The van der Waals surface area contributed by atoms with Crippen LogP contribution in [0.25, 0.3) is 0 Å². The molecule has 2 aliphatic rings. The number of amides is 1. The molecule has 7 heteroatoms. The van der Waals surface area contributed by atoms with E-state index in [1.807, 2.05) is 6.07 Å². The Balaban J connectivity index is 1.55. The van der Waals surface area contributed by atoms with E-state index in [0.717, 1.165) is 25.4 Å². The minimum atomic E-state index is -2.99. The number of nitrogens with zero attached hydrogens (tertiary/aromatic N) is 1. The molecular formula is C15H22N2O4S. The van der Waals surface area contributed by atoms with E-state index in [2.05, 4.69) is 10.2 Å². The highest BCUT2D eigenvalue weighted by molar-refractivity contribution is 7.91. The summed E-state index contributed by atoms with van der Waals surface area (Å²) in [5.74, 6) is 0.894. The highest BCUT2D eigenvalue weighted by Gasteiger charge is 2.29. The van der Waals surface area contributed by atoms with E-state index in [1.165, 1.54) is 19.3 Å². The molecule has 0 aromatic carbocycles. The highest BCUT2D eigenvalue weighted by atomic mass is 32.2. The van der Waals surface area contributed by atoms with Crippen LogP contribution in [0.3, 0.4) is 0 Å². The first-order valence-corrected chi connectivity index (χ1v) is 9.66. The fraction of sp³-hybridized carbons (Fsp3) is 0.667. The molecule has 1 N–H and O–H groups in total. The molecule has 1 amide bonds.